The SMILES string of the molecule is C[C@@H]1CC[C@@]2(OC1)O[C@H]1C[C@H]3[C@@H]4[C@@H](O)C=C5C[C@@H](O[C@@H]6O[C@H](CO)[C@@H](O[C@@H]7O[C@@H](CO)[C@H](O)[C@H]7O)[C@H](O)[C@H]6O[C@@H]6O[C@@H](C)[C@H](O)[C@@H](O)[C@H]6O)CC[C@]5(C)[C@H]4CC[C@]3(C)[C@H]1[C@@H]2C. The van der Waals surface area contributed by atoms with Gasteiger partial charge in [-0.25, -0.2) is 0 Å². The lowest BCUT2D eigenvalue weighted by atomic mass is 9.46. The molecule has 0 amide bonds. The van der Waals surface area contributed by atoms with E-state index in [9.17, 15) is 46.0 Å². The average molecular weight is 871 g/mol. The van der Waals surface area contributed by atoms with Gasteiger partial charge in [0, 0.05) is 12.3 Å². The second-order valence-corrected chi connectivity index (χ2v) is 20.7. The molecule has 0 aromatic carbocycles. The van der Waals surface area contributed by atoms with Crippen LogP contribution in [0.4, 0.5) is 0 Å². The summed E-state index contributed by atoms with van der Waals surface area (Å²) < 4.78 is 49.6. The average Bonchev–Trinajstić information content (AvgIpc) is 3.80. The third-order valence-electron chi connectivity index (χ3n) is 17.4. The molecule has 9 N–H and O–H groups in total. The fourth-order valence-electron chi connectivity index (χ4n) is 13.8. The van der Waals surface area contributed by atoms with Gasteiger partial charge in [0.25, 0.3) is 0 Å². The summed E-state index contributed by atoms with van der Waals surface area (Å²) in [5.74, 6) is 1.31. The van der Waals surface area contributed by atoms with Gasteiger partial charge in [-0.3, -0.25) is 0 Å². The third-order valence-corrected chi connectivity index (χ3v) is 17.4. The molecule has 0 aromatic rings. The Kier molecular flexibility index (Phi) is 12.4. The molecule has 26 atom stereocenters. The Balaban J connectivity index is 0.928. The topological polar surface area (TPSA) is 256 Å². The molecule has 0 radical (unpaired) electrons. The van der Waals surface area contributed by atoms with Gasteiger partial charge in [-0.1, -0.05) is 39.3 Å². The number of hydrogen-bond acceptors (Lipinski definition) is 17. The van der Waals surface area contributed by atoms with Crippen molar-refractivity contribution in [2.45, 2.75) is 196 Å². The Morgan fingerprint density at radius 3 is 2.07 bits per heavy atom. The first-order chi connectivity index (χ1) is 28.9. The largest absolute Gasteiger partial charge is 0.394 e. The van der Waals surface area contributed by atoms with Crippen LogP contribution in [0.5, 0.6) is 0 Å². The summed E-state index contributed by atoms with van der Waals surface area (Å²) >= 11 is 0. The fraction of sp³-hybridized carbons (Fsp3) is 0.955. The van der Waals surface area contributed by atoms with Gasteiger partial charge in [0.05, 0.1) is 44.2 Å². The van der Waals surface area contributed by atoms with E-state index in [0.29, 0.717) is 30.6 Å². The standard InChI is InChI=1S/C44H70O17/c1-18-6-11-44(54-17-18)19(2)30-26(61-44)14-24-29-23(8-10-43(24,30)5)42(4)9-7-22(12-21(42)13-25(29)47)56-41-38(60-39-35(52)33(50)31(48)20(3)55-39)36(53)37(28(16-46)58-41)59-40-34(51)32(49)27(15-45)57-40/h13,18-20,22-41,45-53H,6-12,14-17H2,1-5H3/t18-,19+,20+,22+,23+,24+,25+,26+,27+,28-,29-,30+,31+,32+,33-,34-,35-,36+,37-,38-,39+,40+,41-,42+,43+,44-/m1/s1. The van der Waals surface area contributed by atoms with Crippen molar-refractivity contribution >= 4 is 0 Å². The molecule has 17 nitrogen and oxygen atoms in total. The quantitative estimate of drug-likeness (QED) is 0.144. The van der Waals surface area contributed by atoms with Crippen LogP contribution < -0.4 is 0 Å². The molecule has 8 fully saturated rings. The molecular weight excluding hydrogens is 800 g/mol. The molecule has 4 aliphatic carbocycles. The van der Waals surface area contributed by atoms with E-state index >= 15 is 0 Å². The maximum Gasteiger partial charge on any atom is 0.187 e. The smallest absolute Gasteiger partial charge is 0.187 e. The zero-order valence-corrected chi connectivity index (χ0v) is 35.9. The molecule has 3 saturated carbocycles. The van der Waals surface area contributed by atoms with Crippen LogP contribution in [-0.2, 0) is 37.9 Å². The maximum atomic E-state index is 12.1. The van der Waals surface area contributed by atoms with Crippen LogP contribution in [0.1, 0.15) is 86.0 Å². The normalized spacial score (nSPS) is 58.2. The highest BCUT2D eigenvalue weighted by Crippen LogP contribution is 2.70. The highest BCUT2D eigenvalue weighted by atomic mass is 16.8. The minimum atomic E-state index is -1.73. The van der Waals surface area contributed by atoms with Gasteiger partial charge in [-0.05, 0) is 92.3 Å². The lowest BCUT2D eigenvalue weighted by molar-refractivity contribution is -0.380. The first-order valence-corrected chi connectivity index (χ1v) is 22.9. The van der Waals surface area contributed by atoms with E-state index in [1.165, 1.54) is 6.92 Å². The number of aliphatic hydroxyl groups is 9. The number of aliphatic hydroxyl groups excluding tert-OH is 9. The summed E-state index contributed by atoms with van der Waals surface area (Å²) in [5.41, 5.74) is 0.927. The molecule has 0 bridgehead atoms. The van der Waals surface area contributed by atoms with Crippen LogP contribution in [0, 0.1) is 46.3 Å². The van der Waals surface area contributed by atoms with Crippen molar-refractivity contribution in [1.29, 1.82) is 0 Å². The van der Waals surface area contributed by atoms with Gasteiger partial charge in [0.2, 0.25) is 0 Å². The number of fused-ring (bicyclic) bond motifs is 7. The predicted octanol–water partition coefficient (Wildman–Crippen LogP) is -0.176. The summed E-state index contributed by atoms with van der Waals surface area (Å²) in [7, 11) is 0. The van der Waals surface area contributed by atoms with E-state index < -0.39 is 117 Å². The zero-order valence-electron chi connectivity index (χ0n) is 35.9. The van der Waals surface area contributed by atoms with E-state index in [1.807, 2.05) is 6.08 Å². The van der Waals surface area contributed by atoms with Gasteiger partial charge >= 0.3 is 0 Å². The van der Waals surface area contributed by atoms with E-state index in [2.05, 4.69) is 27.7 Å². The van der Waals surface area contributed by atoms with E-state index in [4.69, 9.17) is 37.9 Å². The van der Waals surface area contributed by atoms with Gasteiger partial charge in [0.15, 0.2) is 24.7 Å². The van der Waals surface area contributed by atoms with Gasteiger partial charge in [-0.2, -0.15) is 0 Å². The Morgan fingerprint density at radius 2 is 1.38 bits per heavy atom. The Labute approximate surface area is 357 Å². The van der Waals surface area contributed by atoms with Crippen molar-refractivity contribution in [1.82, 2.24) is 0 Å². The van der Waals surface area contributed by atoms with Crippen molar-refractivity contribution in [3.8, 4) is 0 Å². The third kappa shape index (κ3) is 7.32. The second kappa shape index (κ2) is 16.7. The molecule has 5 heterocycles. The van der Waals surface area contributed by atoms with Crippen LogP contribution in [0.2, 0.25) is 0 Å². The highest BCUT2D eigenvalue weighted by Gasteiger charge is 2.70. The molecule has 9 rings (SSSR count). The maximum absolute atomic E-state index is 12.1. The van der Waals surface area contributed by atoms with Crippen molar-refractivity contribution < 1.29 is 83.9 Å². The number of hydrogen-bond donors (Lipinski definition) is 9. The zero-order chi connectivity index (χ0) is 43.5. The van der Waals surface area contributed by atoms with Gasteiger partial charge in [-0.15, -0.1) is 0 Å². The van der Waals surface area contributed by atoms with Crippen LogP contribution >= 0.6 is 0 Å². The summed E-state index contributed by atoms with van der Waals surface area (Å²) in [6, 6.07) is 0. The molecule has 5 saturated heterocycles. The molecule has 61 heavy (non-hydrogen) atoms. The van der Waals surface area contributed by atoms with Crippen molar-refractivity contribution in [2.75, 3.05) is 19.8 Å². The fourth-order valence-corrected chi connectivity index (χ4v) is 13.8. The monoisotopic (exact) mass is 870 g/mol. The van der Waals surface area contributed by atoms with Crippen molar-refractivity contribution in [3.63, 3.8) is 0 Å². The van der Waals surface area contributed by atoms with Crippen LogP contribution in [0.15, 0.2) is 11.6 Å². The number of rotatable bonds is 8. The van der Waals surface area contributed by atoms with Crippen LogP contribution in [-0.4, -0.2) is 176 Å². The number of ether oxygens (including phenoxy) is 8. The molecule has 0 unspecified atom stereocenters. The van der Waals surface area contributed by atoms with Gasteiger partial charge < -0.3 is 83.9 Å². The Morgan fingerprint density at radius 1 is 0.689 bits per heavy atom. The second-order valence-electron chi connectivity index (χ2n) is 20.7. The Hall–Kier alpha value is -0.940. The first-order valence-electron chi connectivity index (χ1n) is 22.9. The minimum absolute atomic E-state index is 0.0209. The van der Waals surface area contributed by atoms with E-state index in [1.54, 1.807) is 0 Å². The summed E-state index contributed by atoms with van der Waals surface area (Å²) in [6.45, 7) is 10.2. The molecule has 17 heteroatoms. The van der Waals surface area contributed by atoms with Crippen LogP contribution in [0.25, 0.3) is 0 Å². The molecule has 5 aliphatic heterocycles. The molecule has 9 aliphatic rings. The minimum Gasteiger partial charge on any atom is -0.394 e. The summed E-state index contributed by atoms with van der Waals surface area (Å²) in [6.07, 6.45) is -12.5. The lowest BCUT2D eigenvalue weighted by Gasteiger charge is -2.59. The van der Waals surface area contributed by atoms with Gasteiger partial charge in [0.1, 0.15) is 61.0 Å². The molecule has 348 valence electrons. The van der Waals surface area contributed by atoms with Crippen LogP contribution in [0.3, 0.4) is 0 Å². The molecule has 0 aromatic heterocycles. The van der Waals surface area contributed by atoms with E-state index in [0.717, 1.165) is 50.7 Å². The van der Waals surface area contributed by atoms with Crippen molar-refractivity contribution in [2.24, 2.45) is 46.3 Å². The summed E-state index contributed by atoms with van der Waals surface area (Å²) in [5, 5.41) is 97.0. The molecule has 1 spiro atoms. The predicted molar refractivity (Wildman–Crippen MR) is 210 cm³/mol. The lowest BCUT2D eigenvalue weighted by Crippen LogP contribution is -2.65. The van der Waals surface area contributed by atoms with E-state index in [-0.39, 0.29) is 34.7 Å². The summed E-state index contributed by atoms with van der Waals surface area (Å²) in [4.78, 5) is 0. The highest BCUT2D eigenvalue weighted by molar-refractivity contribution is 5.29. The van der Waals surface area contributed by atoms with Crippen molar-refractivity contribution in [3.05, 3.63) is 11.6 Å². The Bertz CT molecular complexity index is 1590. The molecular formula is C44H70O17. The first kappa shape index (κ1) is 45.2.